The first-order chi connectivity index (χ1) is 9.99. The molecule has 0 spiro atoms. The fourth-order valence-corrected chi connectivity index (χ4v) is 2.45. The van der Waals surface area contributed by atoms with E-state index >= 15 is 0 Å². The maximum atomic E-state index is 11.5. The Balaban J connectivity index is 2.46. The summed E-state index contributed by atoms with van der Waals surface area (Å²) in [5.74, 6) is -0.803. The second kappa shape index (κ2) is 4.55. The molecule has 0 atom stereocenters. The molecule has 21 heavy (non-hydrogen) atoms. The Morgan fingerprint density at radius 1 is 1.33 bits per heavy atom. The highest BCUT2D eigenvalue weighted by Gasteiger charge is 2.17. The van der Waals surface area contributed by atoms with Gasteiger partial charge in [0.25, 0.3) is 0 Å². The number of hydrogen-bond donors (Lipinski definition) is 2. The Hall–Kier alpha value is -2.96. The summed E-state index contributed by atoms with van der Waals surface area (Å²) < 4.78 is 1.55. The average Bonchev–Trinajstić information content (AvgIpc) is 2.73. The van der Waals surface area contributed by atoms with E-state index in [-0.39, 0.29) is 18.1 Å². The standard InChI is InChI=1S/C14H12N4O3/c1-7(19)8-2-3-10-9(4-8)12-13(15)16-6-17-14(12)18(10)5-11(20)21/h2-4,6H,5H2,1H3,(H,20,21)(H2,15,16,17). The van der Waals surface area contributed by atoms with Crippen LogP contribution in [0.1, 0.15) is 17.3 Å². The Bertz CT molecular complexity index is 898. The van der Waals surface area contributed by atoms with Gasteiger partial charge in [0.05, 0.1) is 10.9 Å². The first-order valence-electron chi connectivity index (χ1n) is 6.24. The molecule has 106 valence electrons. The van der Waals surface area contributed by atoms with E-state index in [2.05, 4.69) is 9.97 Å². The van der Waals surface area contributed by atoms with E-state index < -0.39 is 5.97 Å². The minimum Gasteiger partial charge on any atom is -0.480 e. The van der Waals surface area contributed by atoms with Crippen molar-refractivity contribution in [1.29, 1.82) is 0 Å². The SMILES string of the molecule is CC(=O)c1ccc2c(c1)c1c(N)ncnc1n2CC(=O)O. The van der Waals surface area contributed by atoms with E-state index in [0.717, 1.165) is 0 Å². The summed E-state index contributed by atoms with van der Waals surface area (Å²) in [6, 6.07) is 5.06. The van der Waals surface area contributed by atoms with Crippen LogP contribution in [0.5, 0.6) is 0 Å². The number of fused-ring (bicyclic) bond motifs is 3. The van der Waals surface area contributed by atoms with Crippen LogP contribution in [-0.2, 0) is 11.3 Å². The minimum absolute atomic E-state index is 0.0774. The molecule has 0 saturated carbocycles. The second-order valence-corrected chi connectivity index (χ2v) is 4.73. The highest BCUT2D eigenvalue weighted by molar-refractivity contribution is 6.13. The van der Waals surface area contributed by atoms with Crippen molar-refractivity contribution in [2.45, 2.75) is 13.5 Å². The van der Waals surface area contributed by atoms with Crippen molar-refractivity contribution >= 4 is 39.5 Å². The molecule has 0 unspecified atom stereocenters. The Morgan fingerprint density at radius 3 is 2.76 bits per heavy atom. The van der Waals surface area contributed by atoms with Gasteiger partial charge in [-0.1, -0.05) is 0 Å². The van der Waals surface area contributed by atoms with Crippen molar-refractivity contribution in [2.24, 2.45) is 0 Å². The number of rotatable bonds is 3. The van der Waals surface area contributed by atoms with Crippen LogP contribution in [0.2, 0.25) is 0 Å². The number of nitrogens with two attached hydrogens (primary N) is 1. The first kappa shape index (κ1) is 13.0. The van der Waals surface area contributed by atoms with Gasteiger partial charge in [0.1, 0.15) is 24.3 Å². The molecule has 0 aliphatic rings. The molecule has 3 aromatic rings. The molecule has 0 aliphatic heterocycles. The molecule has 2 heterocycles. The van der Waals surface area contributed by atoms with E-state index in [1.807, 2.05) is 0 Å². The van der Waals surface area contributed by atoms with E-state index in [9.17, 15) is 9.59 Å². The van der Waals surface area contributed by atoms with E-state index in [4.69, 9.17) is 10.8 Å². The molecule has 7 nitrogen and oxygen atoms in total. The van der Waals surface area contributed by atoms with Gasteiger partial charge in [0, 0.05) is 10.9 Å². The van der Waals surface area contributed by atoms with Crippen LogP contribution < -0.4 is 5.73 Å². The Morgan fingerprint density at radius 2 is 2.10 bits per heavy atom. The predicted octanol–water partition coefficient (Wildman–Crippen LogP) is 1.45. The van der Waals surface area contributed by atoms with Crippen LogP contribution in [0.15, 0.2) is 24.5 Å². The maximum Gasteiger partial charge on any atom is 0.323 e. The summed E-state index contributed by atoms with van der Waals surface area (Å²) in [7, 11) is 0. The van der Waals surface area contributed by atoms with Crippen molar-refractivity contribution in [3.8, 4) is 0 Å². The van der Waals surface area contributed by atoms with Gasteiger partial charge in [-0.2, -0.15) is 0 Å². The van der Waals surface area contributed by atoms with E-state index in [1.54, 1.807) is 22.8 Å². The molecule has 1 aromatic carbocycles. The third-order valence-corrected chi connectivity index (χ3v) is 3.37. The normalized spacial score (nSPS) is 11.1. The smallest absolute Gasteiger partial charge is 0.323 e. The first-order valence-corrected chi connectivity index (χ1v) is 6.24. The third kappa shape index (κ3) is 1.99. The van der Waals surface area contributed by atoms with Gasteiger partial charge in [0.2, 0.25) is 0 Å². The number of anilines is 1. The number of Topliss-reactive ketones (excluding diaryl/α,β-unsaturated/α-hetero) is 1. The molecule has 0 radical (unpaired) electrons. The summed E-state index contributed by atoms with van der Waals surface area (Å²) in [4.78, 5) is 30.7. The summed E-state index contributed by atoms with van der Waals surface area (Å²) in [6.07, 6.45) is 1.29. The fraction of sp³-hybridized carbons (Fsp3) is 0.143. The Labute approximate surface area is 119 Å². The molecular formula is C14H12N4O3. The molecular weight excluding hydrogens is 272 g/mol. The van der Waals surface area contributed by atoms with Gasteiger partial charge in [-0.25, -0.2) is 9.97 Å². The second-order valence-electron chi connectivity index (χ2n) is 4.73. The number of carbonyl (C=O) groups excluding carboxylic acids is 1. The molecule has 3 rings (SSSR count). The lowest BCUT2D eigenvalue weighted by molar-refractivity contribution is -0.137. The summed E-state index contributed by atoms with van der Waals surface area (Å²) in [5.41, 5.74) is 7.53. The van der Waals surface area contributed by atoms with Crippen LogP contribution in [0, 0.1) is 0 Å². The zero-order valence-corrected chi connectivity index (χ0v) is 11.2. The number of nitrogens with zero attached hydrogens (tertiary/aromatic N) is 3. The van der Waals surface area contributed by atoms with E-state index in [0.29, 0.717) is 27.5 Å². The van der Waals surface area contributed by atoms with Crippen LogP contribution in [0.4, 0.5) is 5.82 Å². The highest BCUT2D eigenvalue weighted by atomic mass is 16.4. The zero-order chi connectivity index (χ0) is 15.1. The predicted molar refractivity (Wildman–Crippen MR) is 77.1 cm³/mol. The Kier molecular flexibility index (Phi) is 2.83. The average molecular weight is 284 g/mol. The van der Waals surface area contributed by atoms with Gasteiger partial charge in [-0.05, 0) is 25.1 Å². The van der Waals surface area contributed by atoms with Crippen molar-refractivity contribution < 1.29 is 14.7 Å². The van der Waals surface area contributed by atoms with Crippen molar-refractivity contribution in [2.75, 3.05) is 5.73 Å². The maximum absolute atomic E-state index is 11.5. The largest absolute Gasteiger partial charge is 0.480 e. The van der Waals surface area contributed by atoms with Crippen molar-refractivity contribution in [1.82, 2.24) is 14.5 Å². The fourth-order valence-electron chi connectivity index (χ4n) is 2.45. The number of hydrogen-bond acceptors (Lipinski definition) is 5. The van der Waals surface area contributed by atoms with Crippen molar-refractivity contribution in [3.63, 3.8) is 0 Å². The number of carboxylic acid groups (broad SMARTS) is 1. The number of aromatic nitrogens is 3. The number of aliphatic carboxylic acids is 1. The lowest BCUT2D eigenvalue weighted by atomic mass is 10.1. The molecule has 0 amide bonds. The number of nitrogen functional groups attached to an aromatic ring is 1. The number of carbonyl (C=O) groups is 2. The topological polar surface area (TPSA) is 111 Å². The monoisotopic (exact) mass is 284 g/mol. The molecule has 2 aromatic heterocycles. The van der Waals surface area contributed by atoms with Gasteiger partial charge in [-0.3, -0.25) is 9.59 Å². The summed E-state index contributed by atoms with van der Waals surface area (Å²) in [5, 5.41) is 10.3. The summed E-state index contributed by atoms with van der Waals surface area (Å²) >= 11 is 0. The lowest BCUT2D eigenvalue weighted by Gasteiger charge is -2.02. The third-order valence-electron chi connectivity index (χ3n) is 3.37. The van der Waals surface area contributed by atoms with Crippen LogP contribution in [0.3, 0.4) is 0 Å². The lowest BCUT2D eigenvalue weighted by Crippen LogP contribution is -2.09. The molecule has 3 N–H and O–H groups in total. The van der Waals surface area contributed by atoms with Gasteiger partial charge in [-0.15, -0.1) is 0 Å². The number of ketones is 1. The number of carboxylic acids is 1. The minimum atomic E-state index is -0.985. The molecule has 0 saturated heterocycles. The molecule has 0 bridgehead atoms. The van der Waals surface area contributed by atoms with Crippen LogP contribution >= 0.6 is 0 Å². The van der Waals surface area contributed by atoms with Crippen LogP contribution in [-0.4, -0.2) is 31.4 Å². The van der Waals surface area contributed by atoms with E-state index in [1.165, 1.54) is 13.3 Å². The number of benzene rings is 1. The van der Waals surface area contributed by atoms with Gasteiger partial charge >= 0.3 is 5.97 Å². The van der Waals surface area contributed by atoms with Gasteiger partial charge in [0.15, 0.2) is 5.78 Å². The van der Waals surface area contributed by atoms with Crippen molar-refractivity contribution in [3.05, 3.63) is 30.1 Å². The quantitative estimate of drug-likeness (QED) is 0.704. The van der Waals surface area contributed by atoms with Crippen LogP contribution in [0.25, 0.3) is 21.9 Å². The summed E-state index contributed by atoms with van der Waals surface area (Å²) in [6.45, 7) is 1.23. The molecule has 7 heteroatoms. The zero-order valence-electron chi connectivity index (χ0n) is 11.2. The van der Waals surface area contributed by atoms with Gasteiger partial charge < -0.3 is 15.4 Å². The highest BCUT2D eigenvalue weighted by Crippen LogP contribution is 2.31. The molecule has 0 aliphatic carbocycles. The molecule has 0 fully saturated rings.